The van der Waals surface area contributed by atoms with Crippen LogP contribution >= 0.6 is 46.7 Å². The van der Waals surface area contributed by atoms with Gasteiger partial charge < -0.3 is 9.64 Å². The Morgan fingerprint density at radius 3 is 2.62 bits per heavy atom. The van der Waals surface area contributed by atoms with Crippen molar-refractivity contribution in [2.24, 2.45) is 0 Å². The Hall–Kier alpha value is -2.42. The zero-order chi connectivity index (χ0) is 27.8. The van der Waals surface area contributed by atoms with E-state index in [0.717, 1.165) is 43.7 Å². The largest absolute Gasteiger partial charge is 0.461 e. The summed E-state index contributed by atoms with van der Waals surface area (Å²) >= 11 is 16.7. The molecule has 0 amide bonds. The lowest BCUT2D eigenvalue weighted by Gasteiger charge is -2.41. The maximum absolute atomic E-state index is 12.7. The highest BCUT2D eigenvalue weighted by Crippen LogP contribution is 2.44. The van der Waals surface area contributed by atoms with Crippen LogP contribution in [-0.4, -0.2) is 54.9 Å². The van der Waals surface area contributed by atoms with Gasteiger partial charge in [0, 0.05) is 57.3 Å². The predicted octanol–water partition coefficient (Wildman–Crippen LogP) is 8.01. The van der Waals surface area contributed by atoms with Crippen molar-refractivity contribution in [3.05, 3.63) is 87.5 Å². The van der Waals surface area contributed by atoms with Crippen molar-refractivity contribution >= 4 is 69.3 Å². The van der Waals surface area contributed by atoms with Crippen molar-refractivity contribution in [2.75, 3.05) is 43.9 Å². The monoisotopic (exact) mass is 609 g/mol. The second kappa shape index (κ2) is 11.8. The van der Waals surface area contributed by atoms with Crippen molar-refractivity contribution in [1.82, 2.24) is 9.88 Å². The molecule has 206 valence electrons. The summed E-state index contributed by atoms with van der Waals surface area (Å²) in [6, 6.07) is 21.2. The molecule has 1 atom stereocenters. The molecule has 0 aliphatic carbocycles. The van der Waals surface area contributed by atoms with Crippen LogP contribution in [0.5, 0.6) is 0 Å². The number of piperazine rings is 1. The molecule has 1 unspecified atom stereocenters. The maximum atomic E-state index is 12.7. The van der Waals surface area contributed by atoms with E-state index in [-0.39, 0.29) is 18.3 Å². The van der Waals surface area contributed by atoms with Crippen LogP contribution in [0.15, 0.2) is 75.4 Å². The third-order valence-electron chi connectivity index (χ3n) is 7.57. The summed E-state index contributed by atoms with van der Waals surface area (Å²) in [6.07, 6.45) is 3.11. The van der Waals surface area contributed by atoms with Gasteiger partial charge in [0.05, 0.1) is 22.8 Å². The molecular weight excluding hydrogens is 581 g/mol. The van der Waals surface area contributed by atoms with Gasteiger partial charge in [0.15, 0.2) is 5.69 Å². The van der Waals surface area contributed by atoms with Gasteiger partial charge in [-0.25, -0.2) is 9.78 Å². The maximum Gasteiger partial charge on any atom is 0.357 e. The zero-order valence-corrected chi connectivity index (χ0v) is 25.5. The third kappa shape index (κ3) is 5.42. The Kier molecular flexibility index (Phi) is 8.20. The summed E-state index contributed by atoms with van der Waals surface area (Å²) in [6.45, 7) is 5.42. The standard InChI is InChI=1S/C31H29Cl2N3O2S2/c1-3-38-31(37)25-18-27(30-23(33)15-20(32)16-24(30)34-25)36-12-10-35(11-13-36)26-14-19-6-4-5-7-28(19)40-29-9-8-21(39-2)17-22(26)29/h4-9,15-18,26H,3,10-14H2,1-2H3. The van der Waals surface area contributed by atoms with Gasteiger partial charge >= 0.3 is 5.97 Å². The van der Waals surface area contributed by atoms with E-state index >= 15 is 0 Å². The minimum absolute atomic E-state index is 0.265. The molecule has 4 aromatic rings. The summed E-state index contributed by atoms with van der Waals surface area (Å²) in [5.41, 5.74) is 4.54. The quantitative estimate of drug-likeness (QED) is 0.168. The van der Waals surface area contributed by atoms with Gasteiger partial charge in [-0.1, -0.05) is 53.2 Å². The summed E-state index contributed by atoms with van der Waals surface area (Å²) in [7, 11) is 0. The molecule has 6 rings (SSSR count). The van der Waals surface area contributed by atoms with Crippen LogP contribution in [0.25, 0.3) is 10.9 Å². The van der Waals surface area contributed by atoms with Gasteiger partial charge in [0.25, 0.3) is 0 Å². The fourth-order valence-corrected chi connectivity index (χ4v) is 7.78. The molecule has 1 fully saturated rings. The molecule has 1 saturated heterocycles. The topological polar surface area (TPSA) is 45.7 Å². The first kappa shape index (κ1) is 27.7. The number of hydrogen-bond donors (Lipinski definition) is 0. The van der Waals surface area contributed by atoms with E-state index in [9.17, 15) is 4.79 Å². The minimum Gasteiger partial charge on any atom is -0.461 e. The number of benzene rings is 3. The molecule has 3 heterocycles. The van der Waals surface area contributed by atoms with Gasteiger partial charge in [0.1, 0.15) is 0 Å². The van der Waals surface area contributed by atoms with Crippen LogP contribution in [0.2, 0.25) is 10.0 Å². The molecule has 1 aromatic heterocycles. The van der Waals surface area contributed by atoms with E-state index in [1.807, 2.05) is 17.8 Å². The summed E-state index contributed by atoms with van der Waals surface area (Å²) in [4.78, 5) is 26.1. The number of esters is 1. The lowest BCUT2D eigenvalue weighted by atomic mass is 9.96. The number of fused-ring (bicyclic) bond motifs is 3. The van der Waals surface area contributed by atoms with Gasteiger partial charge in [-0.2, -0.15) is 0 Å². The Morgan fingerprint density at radius 1 is 1.05 bits per heavy atom. The number of halogens is 2. The molecule has 3 aromatic carbocycles. The highest BCUT2D eigenvalue weighted by molar-refractivity contribution is 7.99. The number of thioether (sulfide) groups is 1. The van der Waals surface area contributed by atoms with E-state index in [0.29, 0.717) is 15.6 Å². The van der Waals surface area contributed by atoms with Gasteiger partial charge in [-0.15, -0.1) is 11.8 Å². The van der Waals surface area contributed by atoms with Crippen molar-refractivity contribution in [3.8, 4) is 0 Å². The lowest BCUT2D eigenvalue weighted by molar-refractivity contribution is 0.0520. The smallest absolute Gasteiger partial charge is 0.357 e. The Bertz CT molecular complexity index is 1590. The van der Waals surface area contributed by atoms with Gasteiger partial charge in [-0.05, 0) is 73.2 Å². The fraction of sp³-hybridized carbons (Fsp3) is 0.290. The Morgan fingerprint density at radius 2 is 1.85 bits per heavy atom. The predicted molar refractivity (Wildman–Crippen MR) is 167 cm³/mol. The number of aromatic nitrogens is 1. The number of rotatable bonds is 5. The first-order valence-electron chi connectivity index (χ1n) is 13.3. The van der Waals surface area contributed by atoms with Crippen LogP contribution in [0.1, 0.15) is 34.6 Å². The van der Waals surface area contributed by atoms with E-state index in [4.69, 9.17) is 27.9 Å². The number of pyridine rings is 1. The molecule has 9 heteroatoms. The number of hydrogen-bond acceptors (Lipinski definition) is 7. The molecular formula is C31H29Cl2N3O2S2. The first-order chi connectivity index (χ1) is 19.4. The van der Waals surface area contributed by atoms with Crippen molar-refractivity contribution in [3.63, 3.8) is 0 Å². The minimum atomic E-state index is -0.448. The highest BCUT2D eigenvalue weighted by Gasteiger charge is 2.31. The number of ether oxygens (including phenoxy) is 1. The molecule has 0 radical (unpaired) electrons. The van der Waals surface area contributed by atoms with Crippen LogP contribution in [0, 0.1) is 0 Å². The molecule has 0 spiro atoms. The van der Waals surface area contributed by atoms with E-state index in [1.54, 1.807) is 30.8 Å². The fourth-order valence-electron chi connectivity index (χ4n) is 5.64. The second-order valence-corrected chi connectivity index (χ2v) is 12.7. The van der Waals surface area contributed by atoms with E-state index in [1.165, 1.54) is 25.8 Å². The number of nitrogens with zero attached hydrogens (tertiary/aromatic N) is 3. The molecule has 5 nitrogen and oxygen atoms in total. The number of anilines is 1. The molecule has 0 bridgehead atoms. The van der Waals surface area contributed by atoms with Gasteiger partial charge in [-0.3, -0.25) is 4.90 Å². The van der Waals surface area contributed by atoms with Crippen molar-refractivity contribution < 1.29 is 9.53 Å². The second-order valence-electron chi connectivity index (χ2n) is 9.89. The average molecular weight is 611 g/mol. The first-order valence-corrected chi connectivity index (χ1v) is 16.1. The molecule has 0 saturated carbocycles. The number of carbonyl (C=O) groups excluding carboxylic acids is 1. The molecule has 40 heavy (non-hydrogen) atoms. The van der Waals surface area contributed by atoms with E-state index < -0.39 is 5.97 Å². The van der Waals surface area contributed by atoms with Gasteiger partial charge in [0.2, 0.25) is 0 Å². The number of carbonyl (C=O) groups is 1. The normalized spacial score (nSPS) is 17.3. The van der Waals surface area contributed by atoms with Crippen LogP contribution in [0.4, 0.5) is 5.69 Å². The third-order valence-corrected chi connectivity index (χ3v) is 10.0. The molecule has 0 N–H and O–H groups in total. The van der Waals surface area contributed by atoms with Crippen molar-refractivity contribution in [2.45, 2.75) is 34.1 Å². The van der Waals surface area contributed by atoms with Crippen molar-refractivity contribution in [1.29, 1.82) is 0 Å². The Balaban J connectivity index is 1.33. The lowest BCUT2D eigenvalue weighted by Crippen LogP contribution is -2.48. The zero-order valence-electron chi connectivity index (χ0n) is 22.3. The Labute approximate surface area is 253 Å². The summed E-state index contributed by atoms with van der Waals surface area (Å²) in [5.74, 6) is -0.448. The molecule has 2 aliphatic rings. The summed E-state index contributed by atoms with van der Waals surface area (Å²) < 4.78 is 5.27. The SMILES string of the molecule is CCOC(=O)c1cc(N2CCN(C3Cc4ccccc4Sc4ccc(SC)cc43)CC2)c2c(Cl)cc(Cl)cc2n1. The van der Waals surface area contributed by atoms with Crippen LogP contribution in [0.3, 0.4) is 0 Å². The summed E-state index contributed by atoms with van der Waals surface area (Å²) in [5, 5.41) is 1.82. The highest BCUT2D eigenvalue weighted by atomic mass is 35.5. The van der Waals surface area contributed by atoms with Crippen LogP contribution < -0.4 is 4.90 Å². The molecule has 2 aliphatic heterocycles. The van der Waals surface area contributed by atoms with E-state index in [2.05, 4.69) is 63.5 Å². The van der Waals surface area contributed by atoms with Crippen LogP contribution in [-0.2, 0) is 11.2 Å². The average Bonchev–Trinajstić information content (AvgIpc) is 3.13.